The Labute approximate surface area is 136 Å². The van der Waals surface area contributed by atoms with Crippen LogP contribution >= 0.6 is 11.6 Å². The van der Waals surface area contributed by atoms with Gasteiger partial charge in [0.2, 0.25) is 0 Å². The van der Waals surface area contributed by atoms with Gasteiger partial charge in [0, 0.05) is 48.0 Å². The Bertz CT molecular complexity index is 660. The van der Waals surface area contributed by atoms with Crippen LogP contribution in [0.3, 0.4) is 0 Å². The second-order valence-corrected chi connectivity index (χ2v) is 7.12. The number of nitrogens with zero attached hydrogens (tertiary/aromatic N) is 2. The number of hydrogen-bond acceptors (Lipinski definition) is 3. The third kappa shape index (κ3) is 3.21. The van der Waals surface area contributed by atoms with Crippen LogP contribution in [0, 0.1) is 5.92 Å². The molecule has 0 spiro atoms. The van der Waals surface area contributed by atoms with Crippen molar-refractivity contribution in [3.8, 4) is 0 Å². The third-order valence-corrected chi connectivity index (χ3v) is 5.10. The van der Waals surface area contributed by atoms with E-state index in [2.05, 4.69) is 27.3 Å². The average Bonchev–Trinajstić information content (AvgIpc) is 3.33. The van der Waals surface area contributed by atoms with Gasteiger partial charge in [-0.1, -0.05) is 11.6 Å². The van der Waals surface area contributed by atoms with E-state index in [9.17, 15) is 0 Å². The van der Waals surface area contributed by atoms with Gasteiger partial charge in [-0.05, 0) is 55.9 Å². The molecule has 1 N–H and O–H groups in total. The first-order valence-corrected chi connectivity index (χ1v) is 8.69. The van der Waals surface area contributed by atoms with Crippen molar-refractivity contribution in [2.24, 2.45) is 5.92 Å². The average molecular weight is 316 g/mol. The van der Waals surface area contributed by atoms with Crippen molar-refractivity contribution in [1.29, 1.82) is 0 Å². The number of fused-ring (bicyclic) bond motifs is 1. The first-order chi connectivity index (χ1) is 10.8. The number of halogens is 1. The van der Waals surface area contributed by atoms with E-state index < -0.39 is 0 Å². The summed E-state index contributed by atoms with van der Waals surface area (Å²) in [7, 11) is 0. The van der Waals surface area contributed by atoms with Crippen LogP contribution in [0.5, 0.6) is 0 Å². The van der Waals surface area contributed by atoms with E-state index in [0.717, 1.165) is 21.8 Å². The van der Waals surface area contributed by atoms with Gasteiger partial charge in [0.15, 0.2) is 0 Å². The molecule has 1 saturated heterocycles. The van der Waals surface area contributed by atoms with E-state index in [0.29, 0.717) is 6.04 Å². The molecule has 1 aromatic carbocycles. The highest BCUT2D eigenvalue weighted by Gasteiger charge is 2.27. The fourth-order valence-electron chi connectivity index (χ4n) is 3.39. The molecule has 4 heteroatoms. The normalized spacial score (nSPS) is 20.4. The Kier molecular flexibility index (Phi) is 3.93. The number of rotatable bonds is 4. The minimum atomic E-state index is 0.566. The molecule has 0 atom stereocenters. The van der Waals surface area contributed by atoms with Crippen LogP contribution in [0.25, 0.3) is 10.9 Å². The number of benzene rings is 1. The van der Waals surface area contributed by atoms with E-state index >= 15 is 0 Å². The summed E-state index contributed by atoms with van der Waals surface area (Å²) in [5.74, 6) is 0.999. The van der Waals surface area contributed by atoms with E-state index in [1.165, 1.54) is 51.0 Å². The Hall–Kier alpha value is -1.32. The zero-order valence-electron chi connectivity index (χ0n) is 12.8. The van der Waals surface area contributed by atoms with E-state index in [1.54, 1.807) is 0 Å². The third-order valence-electron chi connectivity index (χ3n) is 4.87. The van der Waals surface area contributed by atoms with Gasteiger partial charge in [0.25, 0.3) is 0 Å². The maximum absolute atomic E-state index is 6.06. The van der Waals surface area contributed by atoms with Crippen LogP contribution in [0.1, 0.15) is 25.7 Å². The molecule has 22 heavy (non-hydrogen) atoms. The maximum atomic E-state index is 6.06. The molecule has 0 radical (unpaired) electrons. The standard InChI is InChI=1S/C18H22ClN3/c19-14-3-4-16-17(5-8-20-18(16)11-14)21-15-6-9-22(10-7-15)12-13-1-2-13/h3-5,8,11,13,15H,1-2,6-7,9-10,12H2,(H,20,21). The molecular formula is C18H22ClN3. The zero-order chi connectivity index (χ0) is 14.9. The summed E-state index contributed by atoms with van der Waals surface area (Å²) in [6.45, 7) is 3.77. The zero-order valence-corrected chi connectivity index (χ0v) is 13.5. The molecule has 0 bridgehead atoms. The van der Waals surface area contributed by atoms with Crippen molar-refractivity contribution in [3.63, 3.8) is 0 Å². The number of piperidine rings is 1. The van der Waals surface area contributed by atoms with Crippen LogP contribution in [0.2, 0.25) is 5.02 Å². The van der Waals surface area contributed by atoms with E-state index in [1.807, 2.05) is 18.3 Å². The lowest BCUT2D eigenvalue weighted by Crippen LogP contribution is -2.40. The summed E-state index contributed by atoms with van der Waals surface area (Å²) < 4.78 is 0. The SMILES string of the molecule is Clc1ccc2c(NC3CCN(CC4CC4)CC3)ccnc2c1. The van der Waals surface area contributed by atoms with Crippen molar-refractivity contribution >= 4 is 28.2 Å². The molecule has 1 aliphatic carbocycles. The van der Waals surface area contributed by atoms with Gasteiger partial charge in [-0.15, -0.1) is 0 Å². The molecule has 2 aromatic rings. The predicted molar refractivity (Wildman–Crippen MR) is 92.6 cm³/mol. The van der Waals surface area contributed by atoms with Crippen molar-refractivity contribution in [3.05, 3.63) is 35.5 Å². The Morgan fingerprint density at radius 3 is 2.73 bits per heavy atom. The number of hydrogen-bond donors (Lipinski definition) is 1. The number of anilines is 1. The summed E-state index contributed by atoms with van der Waals surface area (Å²) in [5.41, 5.74) is 2.14. The fraction of sp³-hybridized carbons (Fsp3) is 0.500. The van der Waals surface area contributed by atoms with Crippen LogP contribution in [-0.2, 0) is 0 Å². The first kappa shape index (κ1) is 14.3. The first-order valence-electron chi connectivity index (χ1n) is 8.31. The Balaban J connectivity index is 1.43. The lowest BCUT2D eigenvalue weighted by atomic mass is 10.0. The molecule has 4 rings (SSSR count). The molecule has 2 aliphatic rings. The quantitative estimate of drug-likeness (QED) is 0.917. The van der Waals surface area contributed by atoms with Gasteiger partial charge in [-0.3, -0.25) is 4.98 Å². The van der Waals surface area contributed by atoms with Crippen LogP contribution < -0.4 is 5.32 Å². The molecule has 0 amide bonds. The lowest BCUT2D eigenvalue weighted by Gasteiger charge is -2.33. The summed E-state index contributed by atoms with van der Waals surface area (Å²) in [4.78, 5) is 7.05. The van der Waals surface area contributed by atoms with Crippen molar-refractivity contribution < 1.29 is 0 Å². The van der Waals surface area contributed by atoms with Gasteiger partial charge in [0.1, 0.15) is 0 Å². The lowest BCUT2D eigenvalue weighted by molar-refractivity contribution is 0.211. The molecule has 2 heterocycles. The minimum absolute atomic E-state index is 0.566. The van der Waals surface area contributed by atoms with E-state index in [-0.39, 0.29) is 0 Å². The molecule has 3 nitrogen and oxygen atoms in total. The molecule has 0 unspecified atom stereocenters. The van der Waals surface area contributed by atoms with Gasteiger partial charge in [-0.2, -0.15) is 0 Å². The van der Waals surface area contributed by atoms with Crippen molar-refractivity contribution in [2.75, 3.05) is 25.0 Å². The fourth-order valence-corrected chi connectivity index (χ4v) is 3.56. The van der Waals surface area contributed by atoms with Gasteiger partial charge < -0.3 is 10.2 Å². The Morgan fingerprint density at radius 2 is 1.95 bits per heavy atom. The van der Waals surface area contributed by atoms with Gasteiger partial charge in [0.05, 0.1) is 5.52 Å². The van der Waals surface area contributed by atoms with E-state index in [4.69, 9.17) is 11.6 Å². The van der Waals surface area contributed by atoms with Crippen LogP contribution in [0.4, 0.5) is 5.69 Å². The molecule has 116 valence electrons. The largest absolute Gasteiger partial charge is 0.382 e. The second kappa shape index (κ2) is 6.05. The molecular weight excluding hydrogens is 294 g/mol. The summed E-state index contributed by atoms with van der Waals surface area (Å²) in [6.07, 6.45) is 7.21. The van der Waals surface area contributed by atoms with Gasteiger partial charge in [-0.25, -0.2) is 0 Å². The number of aromatic nitrogens is 1. The second-order valence-electron chi connectivity index (χ2n) is 6.68. The van der Waals surface area contributed by atoms with Crippen molar-refractivity contribution in [1.82, 2.24) is 9.88 Å². The molecule has 1 aromatic heterocycles. The van der Waals surface area contributed by atoms with Gasteiger partial charge >= 0.3 is 0 Å². The van der Waals surface area contributed by atoms with Crippen LogP contribution in [-0.4, -0.2) is 35.6 Å². The van der Waals surface area contributed by atoms with Crippen LogP contribution in [0.15, 0.2) is 30.5 Å². The smallest absolute Gasteiger partial charge is 0.0737 e. The number of nitrogens with one attached hydrogen (secondary N) is 1. The highest BCUT2D eigenvalue weighted by atomic mass is 35.5. The maximum Gasteiger partial charge on any atom is 0.0737 e. The number of likely N-dealkylation sites (tertiary alicyclic amines) is 1. The minimum Gasteiger partial charge on any atom is -0.382 e. The summed E-state index contributed by atoms with van der Waals surface area (Å²) >= 11 is 6.06. The molecule has 1 saturated carbocycles. The monoisotopic (exact) mass is 315 g/mol. The Morgan fingerprint density at radius 1 is 1.14 bits per heavy atom. The molecule has 2 fully saturated rings. The number of pyridine rings is 1. The highest BCUT2D eigenvalue weighted by Crippen LogP contribution is 2.31. The predicted octanol–water partition coefficient (Wildman–Crippen LogP) is 4.17. The van der Waals surface area contributed by atoms with Crippen molar-refractivity contribution in [2.45, 2.75) is 31.7 Å². The summed E-state index contributed by atoms with van der Waals surface area (Å²) in [5, 5.41) is 5.62. The molecule has 1 aliphatic heterocycles. The topological polar surface area (TPSA) is 28.2 Å². The summed E-state index contributed by atoms with van der Waals surface area (Å²) in [6, 6.07) is 8.58. The highest BCUT2D eigenvalue weighted by molar-refractivity contribution is 6.31.